The molecule has 4 rings (SSSR count). The first kappa shape index (κ1) is 21.9. The summed E-state index contributed by atoms with van der Waals surface area (Å²) in [6.45, 7) is 10.3. The fourth-order valence-corrected chi connectivity index (χ4v) is 5.05. The van der Waals surface area contributed by atoms with Gasteiger partial charge in [-0.1, -0.05) is 29.1 Å². The van der Waals surface area contributed by atoms with Gasteiger partial charge in [-0.05, 0) is 46.2 Å². The highest BCUT2D eigenvalue weighted by molar-refractivity contribution is 7.13. The number of amides is 1. The minimum atomic E-state index is -0.247. The highest BCUT2D eigenvalue weighted by atomic mass is 32.1. The van der Waals surface area contributed by atoms with Crippen LogP contribution in [0.3, 0.4) is 0 Å². The van der Waals surface area contributed by atoms with Crippen LogP contribution in [0.25, 0.3) is 0 Å². The molecule has 0 aliphatic carbocycles. The molecule has 4 heterocycles. The van der Waals surface area contributed by atoms with Gasteiger partial charge in [-0.25, -0.2) is 4.98 Å². The highest BCUT2D eigenvalue weighted by Gasteiger charge is 2.34. The van der Waals surface area contributed by atoms with E-state index in [1.54, 1.807) is 5.51 Å². The number of hydrogen-bond acceptors (Lipinski definition) is 8. The van der Waals surface area contributed by atoms with Crippen molar-refractivity contribution in [3.05, 3.63) is 41.1 Å². The number of aromatic nitrogens is 3. The van der Waals surface area contributed by atoms with Gasteiger partial charge in [-0.2, -0.15) is 0 Å². The summed E-state index contributed by atoms with van der Waals surface area (Å²) < 4.78 is 5.96. The summed E-state index contributed by atoms with van der Waals surface area (Å²) in [7, 11) is 0. The molecule has 31 heavy (non-hydrogen) atoms. The van der Waals surface area contributed by atoms with E-state index in [2.05, 4.69) is 59.6 Å². The second-order valence-corrected chi connectivity index (χ2v) is 10.2. The SMILES string of the molecule is CC1(C)C=C(CC(=O)N2CCO[C@H](c3cccc(Nc4nncs4)n3)C2)CC(C)(C)N1. The van der Waals surface area contributed by atoms with Crippen molar-refractivity contribution in [1.82, 2.24) is 25.4 Å². The zero-order chi connectivity index (χ0) is 22.1. The lowest BCUT2D eigenvalue weighted by Gasteiger charge is -2.41. The predicted molar refractivity (Wildman–Crippen MR) is 121 cm³/mol. The molecule has 1 amide bonds. The van der Waals surface area contributed by atoms with Gasteiger partial charge in [-0.15, -0.1) is 10.2 Å². The first-order valence-corrected chi connectivity index (χ1v) is 11.5. The van der Waals surface area contributed by atoms with Crippen molar-refractivity contribution >= 4 is 28.2 Å². The smallest absolute Gasteiger partial charge is 0.226 e. The van der Waals surface area contributed by atoms with Gasteiger partial charge < -0.3 is 20.3 Å². The summed E-state index contributed by atoms with van der Waals surface area (Å²) in [5.74, 6) is 0.835. The predicted octanol–water partition coefficient (Wildman–Crippen LogP) is 3.44. The molecule has 2 aromatic heterocycles. The molecule has 0 saturated carbocycles. The van der Waals surface area contributed by atoms with E-state index in [1.807, 2.05) is 23.1 Å². The maximum atomic E-state index is 13.1. The van der Waals surface area contributed by atoms with Gasteiger partial charge in [0.15, 0.2) is 0 Å². The molecule has 1 atom stereocenters. The summed E-state index contributed by atoms with van der Waals surface area (Å²) in [5.41, 5.74) is 3.53. The fourth-order valence-electron chi connectivity index (χ4n) is 4.59. The average Bonchev–Trinajstić information content (AvgIpc) is 3.19. The maximum absolute atomic E-state index is 13.1. The molecule has 8 nitrogen and oxygen atoms in total. The second-order valence-electron chi connectivity index (χ2n) is 9.40. The number of rotatable bonds is 5. The molecule has 166 valence electrons. The number of nitrogens with one attached hydrogen (secondary N) is 2. The first-order chi connectivity index (χ1) is 14.7. The molecule has 0 aromatic carbocycles. The Hall–Kier alpha value is -2.36. The number of ether oxygens (including phenoxy) is 1. The molecule has 0 bridgehead atoms. The van der Waals surface area contributed by atoms with Crippen molar-refractivity contribution in [1.29, 1.82) is 0 Å². The van der Waals surface area contributed by atoms with Crippen molar-refractivity contribution in [2.24, 2.45) is 0 Å². The van der Waals surface area contributed by atoms with Crippen LogP contribution in [0.2, 0.25) is 0 Å². The van der Waals surface area contributed by atoms with E-state index >= 15 is 0 Å². The molecular formula is C22H30N6O2S. The third-order valence-corrected chi connectivity index (χ3v) is 5.99. The van der Waals surface area contributed by atoms with E-state index < -0.39 is 0 Å². The van der Waals surface area contributed by atoms with Gasteiger partial charge in [0.2, 0.25) is 11.0 Å². The van der Waals surface area contributed by atoms with Gasteiger partial charge in [0, 0.05) is 24.0 Å². The molecule has 9 heteroatoms. The Labute approximate surface area is 187 Å². The van der Waals surface area contributed by atoms with Crippen molar-refractivity contribution < 1.29 is 9.53 Å². The van der Waals surface area contributed by atoms with Gasteiger partial charge in [0.05, 0.1) is 18.8 Å². The number of pyridine rings is 1. The Morgan fingerprint density at radius 3 is 2.94 bits per heavy atom. The zero-order valence-corrected chi connectivity index (χ0v) is 19.3. The number of nitrogens with zero attached hydrogens (tertiary/aromatic N) is 4. The molecule has 0 unspecified atom stereocenters. The lowest BCUT2D eigenvalue weighted by atomic mass is 9.82. The van der Waals surface area contributed by atoms with Crippen LogP contribution in [0.5, 0.6) is 0 Å². The fraction of sp³-hybridized carbons (Fsp3) is 0.545. The maximum Gasteiger partial charge on any atom is 0.226 e. The summed E-state index contributed by atoms with van der Waals surface area (Å²) in [6.07, 6.45) is 3.28. The van der Waals surface area contributed by atoms with E-state index in [4.69, 9.17) is 4.74 Å². The Kier molecular flexibility index (Phi) is 6.09. The summed E-state index contributed by atoms with van der Waals surface area (Å²) in [5, 5.41) is 15.3. The minimum Gasteiger partial charge on any atom is -0.368 e. The number of carbonyl (C=O) groups excluding carboxylic acids is 1. The molecule has 1 saturated heterocycles. The van der Waals surface area contributed by atoms with E-state index in [0.717, 1.165) is 12.1 Å². The largest absolute Gasteiger partial charge is 0.368 e. The topological polar surface area (TPSA) is 92.3 Å². The minimum absolute atomic E-state index is 0.0221. The standard InChI is InChI=1S/C22H30N6O2S/c1-21(2)11-15(12-22(3,4)27-21)10-19(29)28-8-9-30-17(13-28)16-6-5-7-18(24-16)25-20-26-23-14-31-20/h5-7,11,14,17,27H,8-10,12-13H2,1-4H3,(H,24,25,26)/t17-/m0/s1. The lowest BCUT2D eigenvalue weighted by Crippen LogP contribution is -2.54. The summed E-state index contributed by atoms with van der Waals surface area (Å²) in [4.78, 5) is 19.7. The zero-order valence-electron chi connectivity index (χ0n) is 18.5. The second kappa shape index (κ2) is 8.64. The van der Waals surface area contributed by atoms with E-state index in [-0.39, 0.29) is 23.1 Å². The summed E-state index contributed by atoms with van der Waals surface area (Å²) >= 11 is 1.41. The van der Waals surface area contributed by atoms with Crippen LogP contribution in [-0.2, 0) is 9.53 Å². The molecule has 1 fully saturated rings. The number of morpholine rings is 1. The van der Waals surface area contributed by atoms with Crippen LogP contribution in [-0.4, -0.2) is 56.8 Å². The summed E-state index contributed by atoms with van der Waals surface area (Å²) in [6, 6.07) is 5.74. The van der Waals surface area contributed by atoms with Crippen LogP contribution in [0.15, 0.2) is 35.4 Å². The van der Waals surface area contributed by atoms with Crippen LogP contribution in [0.1, 0.15) is 52.3 Å². The van der Waals surface area contributed by atoms with Gasteiger partial charge in [0.1, 0.15) is 17.4 Å². The van der Waals surface area contributed by atoms with E-state index in [1.165, 1.54) is 16.9 Å². The van der Waals surface area contributed by atoms with Gasteiger partial charge in [0.25, 0.3) is 0 Å². The van der Waals surface area contributed by atoms with Crippen LogP contribution < -0.4 is 10.6 Å². The van der Waals surface area contributed by atoms with Crippen molar-refractivity contribution in [2.75, 3.05) is 25.0 Å². The number of carbonyl (C=O) groups is 1. The average molecular weight is 443 g/mol. The Balaban J connectivity index is 1.42. The van der Waals surface area contributed by atoms with Crippen molar-refractivity contribution in [3.8, 4) is 0 Å². The molecule has 2 aliphatic rings. The van der Waals surface area contributed by atoms with E-state index in [9.17, 15) is 4.79 Å². The number of anilines is 2. The van der Waals surface area contributed by atoms with Crippen molar-refractivity contribution in [3.63, 3.8) is 0 Å². The molecule has 0 spiro atoms. The quantitative estimate of drug-likeness (QED) is 0.685. The number of hydrogen-bond donors (Lipinski definition) is 2. The Morgan fingerprint density at radius 1 is 1.35 bits per heavy atom. The van der Waals surface area contributed by atoms with Gasteiger partial charge >= 0.3 is 0 Å². The third-order valence-electron chi connectivity index (χ3n) is 5.39. The van der Waals surface area contributed by atoms with E-state index in [0.29, 0.717) is 37.1 Å². The Bertz CT molecular complexity index is 957. The molecular weight excluding hydrogens is 412 g/mol. The van der Waals surface area contributed by atoms with Crippen LogP contribution in [0.4, 0.5) is 10.9 Å². The van der Waals surface area contributed by atoms with Gasteiger partial charge in [-0.3, -0.25) is 4.79 Å². The molecule has 0 radical (unpaired) electrons. The van der Waals surface area contributed by atoms with Crippen LogP contribution in [0, 0.1) is 0 Å². The Morgan fingerprint density at radius 2 is 2.19 bits per heavy atom. The molecule has 2 aromatic rings. The molecule has 2 aliphatic heterocycles. The first-order valence-electron chi connectivity index (χ1n) is 10.6. The lowest BCUT2D eigenvalue weighted by molar-refractivity contribution is -0.138. The van der Waals surface area contributed by atoms with Crippen LogP contribution >= 0.6 is 11.3 Å². The third kappa shape index (κ3) is 5.66. The van der Waals surface area contributed by atoms with Crippen molar-refractivity contribution in [2.45, 2.75) is 57.7 Å². The normalized spacial score (nSPS) is 22.6. The highest BCUT2D eigenvalue weighted by Crippen LogP contribution is 2.30. The molecule has 2 N–H and O–H groups in total. The monoisotopic (exact) mass is 442 g/mol.